The van der Waals surface area contributed by atoms with E-state index in [0.717, 1.165) is 0 Å². The molecule has 1 aromatic heterocycles. The zero-order chi connectivity index (χ0) is 8.55. The zero-order valence-electron chi connectivity index (χ0n) is 6.25. The topological polar surface area (TPSA) is 52.0 Å². The molecule has 0 saturated carbocycles. The monoisotopic (exact) mass is 166 g/mol. The zero-order valence-corrected chi connectivity index (χ0v) is 6.25. The van der Waals surface area contributed by atoms with Gasteiger partial charge in [0.05, 0.1) is 6.54 Å². The van der Waals surface area contributed by atoms with Crippen LogP contribution in [0.25, 0.3) is 11.1 Å². The highest BCUT2D eigenvalue weighted by Gasteiger charge is 2.07. The minimum atomic E-state index is -0.379. The van der Waals surface area contributed by atoms with Crippen molar-refractivity contribution in [2.75, 3.05) is 0 Å². The molecule has 0 unspecified atom stereocenters. The molecule has 0 radical (unpaired) electrons. The number of aromatic nitrogens is 1. The molecule has 4 heteroatoms. The quantitative estimate of drug-likeness (QED) is 0.697. The first-order valence-corrected chi connectivity index (χ1v) is 3.55. The standard InChI is InChI=1S/C8H7FN2O/c9-5-2-1-3-6-8(5)11-7(4-10)12-6/h1-3H,4,10H2. The summed E-state index contributed by atoms with van der Waals surface area (Å²) in [6.07, 6.45) is 0. The van der Waals surface area contributed by atoms with Gasteiger partial charge in [0.25, 0.3) is 0 Å². The van der Waals surface area contributed by atoms with Gasteiger partial charge in [-0.15, -0.1) is 0 Å². The van der Waals surface area contributed by atoms with Crippen molar-refractivity contribution in [1.29, 1.82) is 0 Å². The predicted molar refractivity (Wildman–Crippen MR) is 41.9 cm³/mol. The fourth-order valence-corrected chi connectivity index (χ4v) is 1.05. The molecule has 0 fully saturated rings. The van der Waals surface area contributed by atoms with Gasteiger partial charge in [-0.05, 0) is 12.1 Å². The van der Waals surface area contributed by atoms with E-state index in [4.69, 9.17) is 10.2 Å². The van der Waals surface area contributed by atoms with E-state index in [0.29, 0.717) is 11.5 Å². The molecule has 0 atom stereocenters. The van der Waals surface area contributed by atoms with Gasteiger partial charge in [-0.3, -0.25) is 0 Å². The Morgan fingerprint density at radius 2 is 2.33 bits per heavy atom. The molecule has 1 heterocycles. The van der Waals surface area contributed by atoms with E-state index < -0.39 is 0 Å². The number of para-hydroxylation sites is 1. The summed E-state index contributed by atoms with van der Waals surface area (Å²) in [7, 11) is 0. The van der Waals surface area contributed by atoms with Crippen molar-refractivity contribution < 1.29 is 8.81 Å². The Hall–Kier alpha value is -1.42. The number of halogens is 1. The molecule has 0 aliphatic carbocycles. The number of oxazole rings is 1. The third-order valence-corrected chi connectivity index (χ3v) is 1.59. The van der Waals surface area contributed by atoms with Gasteiger partial charge in [0.15, 0.2) is 11.4 Å². The van der Waals surface area contributed by atoms with Gasteiger partial charge in [0.2, 0.25) is 5.89 Å². The molecule has 2 rings (SSSR count). The average molecular weight is 166 g/mol. The lowest BCUT2D eigenvalue weighted by Gasteiger charge is -1.85. The summed E-state index contributed by atoms with van der Waals surface area (Å²) in [5.41, 5.74) is 5.97. The number of hydrogen-bond donors (Lipinski definition) is 1. The first kappa shape index (κ1) is 7.24. The van der Waals surface area contributed by atoms with Crippen LogP contribution in [0.5, 0.6) is 0 Å². The van der Waals surface area contributed by atoms with E-state index in [1.165, 1.54) is 6.07 Å². The highest BCUT2D eigenvalue weighted by molar-refractivity contribution is 5.72. The summed E-state index contributed by atoms with van der Waals surface area (Å²) in [5.74, 6) is -0.0222. The molecule has 1 aromatic carbocycles. The summed E-state index contributed by atoms with van der Waals surface area (Å²) in [4.78, 5) is 3.86. The van der Waals surface area contributed by atoms with E-state index in [1.807, 2.05) is 0 Å². The van der Waals surface area contributed by atoms with E-state index in [1.54, 1.807) is 12.1 Å². The molecule has 62 valence electrons. The van der Waals surface area contributed by atoms with E-state index in [-0.39, 0.29) is 17.9 Å². The number of fused-ring (bicyclic) bond motifs is 1. The van der Waals surface area contributed by atoms with Crippen LogP contribution in [0.15, 0.2) is 22.6 Å². The molecule has 0 bridgehead atoms. The van der Waals surface area contributed by atoms with Crippen LogP contribution in [0.2, 0.25) is 0 Å². The van der Waals surface area contributed by atoms with Gasteiger partial charge in [-0.2, -0.15) is 0 Å². The summed E-state index contributed by atoms with van der Waals surface area (Å²) in [6, 6.07) is 4.57. The van der Waals surface area contributed by atoms with Crippen LogP contribution in [0.4, 0.5) is 4.39 Å². The van der Waals surface area contributed by atoms with Gasteiger partial charge >= 0.3 is 0 Å². The highest BCUT2D eigenvalue weighted by Crippen LogP contribution is 2.17. The molecular formula is C8H7FN2O. The number of benzene rings is 1. The molecule has 2 aromatic rings. The van der Waals surface area contributed by atoms with E-state index >= 15 is 0 Å². The molecule has 0 saturated heterocycles. The molecule has 0 aliphatic rings. The van der Waals surface area contributed by atoms with Crippen molar-refractivity contribution in [3.8, 4) is 0 Å². The van der Waals surface area contributed by atoms with E-state index in [9.17, 15) is 4.39 Å². The number of hydrogen-bond acceptors (Lipinski definition) is 3. The van der Waals surface area contributed by atoms with Crippen molar-refractivity contribution in [3.05, 3.63) is 29.9 Å². The Kier molecular flexibility index (Phi) is 1.55. The molecular weight excluding hydrogens is 159 g/mol. The van der Waals surface area contributed by atoms with Crippen LogP contribution in [0.1, 0.15) is 5.89 Å². The first-order chi connectivity index (χ1) is 5.81. The van der Waals surface area contributed by atoms with Gasteiger partial charge in [0.1, 0.15) is 5.52 Å². The van der Waals surface area contributed by atoms with Gasteiger partial charge in [0, 0.05) is 0 Å². The molecule has 0 spiro atoms. The van der Waals surface area contributed by atoms with Gasteiger partial charge in [-0.25, -0.2) is 9.37 Å². The first-order valence-electron chi connectivity index (χ1n) is 3.55. The Morgan fingerprint density at radius 3 is 3.00 bits per heavy atom. The average Bonchev–Trinajstić information content (AvgIpc) is 2.49. The van der Waals surface area contributed by atoms with Crippen molar-refractivity contribution in [2.24, 2.45) is 5.73 Å². The maximum absolute atomic E-state index is 13.0. The fraction of sp³-hybridized carbons (Fsp3) is 0.125. The molecule has 12 heavy (non-hydrogen) atoms. The maximum Gasteiger partial charge on any atom is 0.209 e. The normalized spacial score (nSPS) is 10.8. The van der Waals surface area contributed by atoms with Crippen molar-refractivity contribution in [2.45, 2.75) is 6.54 Å². The Labute approximate surface area is 68.0 Å². The lowest BCUT2D eigenvalue weighted by molar-refractivity contribution is 0.533. The lowest BCUT2D eigenvalue weighted by atomic mass is 10.3. The smallest absolute Gasteiger partial charge is 0.209 e. The number of rotatable bonds is 1. The van der Waals surface area contributed by atoms with Crippen LogP contribution in [0, 0.1) is 5.82 Å². The summed E-state index contributed by atoms with van der Waals surface area (Å²) in [5, 5.41) is 0. The van der Waals surface area contributed by atoms with Gasteiger partial charge in [-0.1, -0.05) is 6.07 Å². The summed E-state index contributed by atoms with van der Waals surface area (Å²) >= 11 is 0. The minimum Gasteiger partial charge on any atom is -0.439 e. The fourth-order valence-electron chi connectivity index (χ4n) is 1.05. The third kappa shape index (κ3) is 0.967. The Bertz CT molecular complexity index is 410. The SMILES string of the molecule is NCc1nc2c(F)cccc2o1. The molecule has 0 amide bonds. The number of nitrogens with zero attached hydrogens (tertiary/aromatic N) is 1. The maximum atomic E-state index is 13.0. The van der Waals surface area contributed by atoms with Crippen LogP contribution in [-0.4, -0.2) is 4.98 Å². The second-order valence-corrected chi connectivity index (χ2v) is 2.40. The summed E-state index contributed by atoms with van der Waals surface area (Å²) in [6.45, 7) is 0.189. The largest absolute Gasteiger partial charge is 0.439 e. The van der Waals surface area contributed by atoms with Crippen molar-refractivity contribution in [3.63, 3.8) is 0 Å². The van der Waals surface area contributed by atoms with Crippen molar-refractivity contribution in [1.82, 2.24) is 4.98 Å². The van der Waals surface area contributed by atoms with Crippen LogP contribution < -0.4 is 5.73 Å². The summed E-state index contributed by atoms with van der Waals surface area (Å²) < 4.78 is 18.1. The lowest BCUT2D eigenvalue weighted by Crippen LogP contribution is -1.95. The van der Waals surface area contributed by atoms with Crippen LogP contribution in [0.3, 0.4) is 0 Å². The van der Waals surface area contributed by atoms with Gasteiger partial charge < -0.3 is 10.2 Å². The van der Waals surface area contributed by atoms with Crippen LogP contribution in [-0.2, 0) is 6.54 Å². The van der Waals surface area contributed by atoms with Crippen LogP contribution >= 0.6 is 0 Å². The second kappa shape index (κ2) is 2.57. The second-order valence-electron chi connectivity index (χ2n) is 2.40. The molecule has 2 N–H and O–H groups in total. The molecule has 3 nitrogen and oxygen atoms in total. The highest BCUT2D eigenvalue weighted by atomic mass is 19.1. The predicted octanol–water partition coefficient (Wildman–Crippen LogP) is 1.43. The third-order valence-electron chi connectivity index (χ3n) is 1.59. The van der Waals surface area contributed by atoms with Crippen molar-refractivity contribution >= 4 is 11.1 Å². The minimum absolute atomic E-state index is 0.189. The Balaban J connectivity index is 2.74. The molecule has 0 aliphatic heterocycles. The Morgan fingerprint density at radius 1 is 1.50 bits per heavy atom. The van der Waals surface area contributed by atoms with E-state index in [2.05, 4.69) is 4.98 Å². The number of nitrogens with two attached hydrogens (primary N) is 1.